The van der Waals surface area contributed by atoms with Gasteiger partial charge in [-0.15, -0.1) is 5.10 Å². The Bertz CT molecular complexity index is 1680. The van der Waals surface area contributed by atoms with E-state index in [4.69, 9.17) is 28.5 Å². The van der Waals surface area contributed by atoms with Gasteiger partial charge >= 0.3 is 23.9 Å². The second kappa shape index (κ2) is 12.4. The van der Waals surface area contributed by atoms with Crippen molar-refractivity contribution < 1.29 is 44.3 Å². The summed E-state index contributed by atoms with van der Waals surface area (Å²) in [7, 11) is 0. The predicted molar refractivity (Wildman–Crippen MR) is 143 cm³/mol. The number of anilines is 1. The molecule has 17 heteroatoms. The van der Waals surface area contributed by atoms with Gasteiger partial charge in [-0.2, -0.15) is 40.4 Å². The zero-order valence-electron chi connectivity index (χ0n) is 21.8. The van der Waals surface area contributed by atoms with Crippen molar-refractivity contribution in [3.8, 4) is 23.0 Å². The fourth-order valence-corrected chi connectivity index (χ4v) is 4.36. The van der Waals surface area contributed by atoms with E-state index in [9.17, 15) is 44.3 Å². The zero-order valence-corrected chi connectivity index (χ0v) is 23.3. The largest absolute Gasteiger partial charge is 0.457 e. The van der Waals surface area contributed by atoms with Crippen LogP contribution in [0.4, 0.5) is 45.2 Å². The Morgan fingerprint density at radius 1 is 1.00 bits per heavy atom. The Morgan fingerprint density at radius 3 is 2.14 bits per heavy atom. The maximum atomic E-state index is 14.9. The van der Waals surface area contributed by atoms with E-state index < -0.39 is 51.1 Å². The first-order chi connectivity index (χ1) is 20.3. The summed E-state index contributed by atoms with van der Waals surface area (Å²) in [6, 6.07) is 7.67. The van der Waals surface area contributed by atoms with Crippen LogP contribution >= 0.6 is 23.2 Å². The molecule has 0 fully saturated rings. The molecule has 0 bridgehead atoms. The lowest BCUT2D eigenvalue weighted by Gasteiger charge is -2.36. The molecule has 3 aromatic rings. The standard InChI is InChI=1S/C27H16Cl2F9N5O/c1-3-15(8-7-14(2)12-39)23(44)40-18-6-4-5-16(9-18)21-13-43(42-41-21)22-19(28)10-17(11-20(22)29)24(30,26(33,34)35)25(31,32)27(36,37)38/h3-11,13H,2H2,1H3,(H,40,44)/b8-7-,15-3+. The lowest BCUT2D eigenvalue weighted by Crippen LogP contribution is -2.59. The Hall–Kier alpha value is -4.29. The van der Waals surface area contributed by atoms with Gasteiger partial charge in [-0.1, -0.05) is 53.2 Å². The summed E-state index contributed by atoms with van der Waals surface area (Å²) in [5, 5.41) is 17.1. The number of alkyl halides is 9. The lowest BCUT2D eigenvalue weighted by molar-refractivity contribution is -0.389. The molecule has 0 aliphatic rings. The monoisotopic (exact) mass is 667 g/mol. The van der Waals surface area contributed by atoms with E-state index in [1.165, 1.54) is 42.5 Å². The molecule has 0 saturated carbocycles. The van der Waals surface area contributed by atoms with Gasteiger partial charge in [0.15, 0.2) is 0 Å². The van der Waals surface area contributed by atoms with Crippen molar-refractivity contribution in [1.82, 2.24) is 15.0 Å². The van der Waals surface area contributed by atoms with Gasteiger partial charge in [0.1, 0.15) is 11.4 Å². The molecule has 0 saturated heterocycles. The Labute approximate surface area is 252 Å². The topological polar surface area (TPSA) is 83.6 Å². The molecule has 0 aliphatic heterocycles. The fraction of sp³-hybridized carbons (Fsp3) is 0.185. The summed E-state index contributed by atoms with van der Waals surface area (Å²) in [6.07, 6.45) is -8.35. The summed E-state index contributed by atoms with van der Waals surface area (Å²) < 4.78 is 122. The van der Waals surface area contributed by atoms with Crippen molar-refractivity contribution in [2.75, 3.05) is 5.32 Å². The highest BCUT2D eigenvalue weighted by Crippen LogP contribution is 2.59. The van der Waals surface area contributed by atoms with Gasteiger partial charge in [-0.05, 0) is 43.3 Å². The average Bonchev–Trinajstić information content (AvgIpc) is 3.40. The van der Waals surface area contributed by atoms with Gasteiger partial charge in [-0.25, -0.2) is 9.07 Å². The lowest BCUT2D eigenvalue weighted by atomic mass is 9.87. The quantitative estimate of drug-likeness (QED) is 0.113. The molecule has 232 valence electrons. The van der Waals surface area contributed by atoms with Gasteiger partial charge in [-0.3, -0.25) is 4.79 Å². The van der Waals surface area contributed by atoms with E-state index in [0.29, 0.717) is 5.56 Å². The number of amides is 1. The highest BCUT2D eigenvalue weighted by molar-refractivity contribution is 6.37. The number of nitrogens with one attached hydrogen (secondary N) is 1. The minimum absolute atomic E-state index is 0.0625. The molecular weight excluding hydrogens is 652 g/mol. The first-order valence-corrected chi connectivity index (χ1v) is 12.5. The molecule has 1 N–H and O–H groups in total. The molecule has 3 rings (SSSR count). The second-order valence-electron chi connectivity index (χ2n) is 8.81. The summed E-state index contributed by atoms with van der Waals surface area (Å²) in [6.45, 7) is 5.06. The Morgan fingerprint density at radius 2 is 1.61 bits per heavy atom. The van der Waals surface area contributed by atoms with Gasteiger partial charge in [0.05, 0.1) is 22.3 Å². The summed E-state index contributed by atoms with van der Waals surface area (Å²) in [5.41, 5.74) is -7.99. The van der Waals surface area contributed by atoms with Gasteiger partial charge in [0.25, 0.3) is 5.91 Å². The van der Waals surface area contributed by atoms with Crippen LogP contribution in [0.3, 0.4) is 0 Å². The van der Waals surface area contributed by atoms with Crippen LogP contribution < -0.4 is 5.32 Å². The molecule has 0 spiro atoms. The Kier molecular flexibility index (Phi) is 9.62. The zero-order chi connectivity index (χ0) is 33.3. The number of halogens is 11. The first-order valence-electron chi connectivity index (χ1n) is 11.8. The minimum Gasteiger partial charge on any atom is -0.322 e. The molecule has 2 aromatic carbocycles. The molecule has 0 radical (unpaired) electrons. The van der Waals surface area contributed by atoms with E-state index in [1.54, 1.807) is 13.0 Å². The summed E-state index contributed by atoms with van der Waals surface area (Å²) in [4.78, 5) is 12.6. The van der Waals surface area contributed by atoms with Crippen LogP contribution in [-0.4, -0.2) is 39.2 Å². The number of hydrogen-bond donors (Lipinski definition) is 1. The van der Waals surface area contributed by atoms with E-state index in [-0.39, 0.29) is 34.7 Å². The van der Waals surface area contributed by atoms with Crippen molar-refractivity contribution in [2.45, 2.75) is 30.9 Å². The van der Waals surface area contributed by atoms with E-state index in [2.05, 4.69) is 22.2 Å². The molecular formula is C27H16Cl2F9N5O. The highest BCUT2D eigenvalue weighted by atomic mass is 35.5. The van der Waals surface area contributed by atoms with Crippen LogP contribution in [0.5, 0.6) is 0 Å². The SMILES string of the molecule is C=C(C#N)/C=C\C(=C/C)C(=O)Nc1cccc(-c2cn(-c3c(Cl)cc(C(F)(C(F)(F)F)C(F)(F)C(F)(F)F)cc3Cl)nn2)c1. The van der Waals surface area contributed by atoms with E-state index in [0.717, 1.165) is 10.9 Å². The molecule has 1 unspecified atom stereocenters. The second-order valence-corrected chi connectivity index (χ2v) is 9.63. The van der Waals surface area contributed by atoms with Crippen LogP contribution in [0.25, 0.3) is 16.9 Å². The molecule has 6 nitrogen and oxygen atoms in total. The van der Waals surface area contributed by atoms with Crippen molar-refractivity contribution in [1.29, 1.82) is 5.26 Å². The van der Waals surface area contributed by atoms with Crippen LogP contribution in [-0.2, 0) is 10.5 Å². The summed E-state index contributed by atoms with van der Waals surface area (Å²) >= 11 is 11.8. The van der Waals surface area contributed by atoms with Crippen molar-refractivity contribution in [3.63, 3.8) is 0 Å². The van der Waals surface area contributed by atoms with Crippen LogP contribution in [0.15, 0.2) is 78.5 Å². The molecule has 0 aliphatic carbocycles. The number of nitriles is 1. The van der Waals surface area contributed by atoms with Crippen molar-refractivity contribution in [2.24, 2.45) is 0 Å². The smallest absolute Gasteiger partial charge is 0.322 e. The maximum Gasteiger partial charge on any atom is 0.457 e. The minimum atomic E-state index is -6.93. The molecule has 1 aromatic heterocycles. The number of allylic oxidation sites excluding steroid dienone is 3. The Balaban J connectivity index is 1.98. The van der Waals surface area contributed by atoms with Gasteiger partial charge in [0.2, 0.25) is 0 Å². The van der Waals surface area contributed by atoms with Gasteiger partial charge < -0.3 is 5.32 Å². The van der Waals surface area contributed by atoms with Crippen LogP contribution in [0.2, 0.25) is 10.0 Å². The third-order valence-corrected chi connectivity index (χ3v) is 6.49. The first kappa shape index (κ1) is 34.2. The number of carbonyl (C=O) groups excluding carboxylic acids is 1. The number of hydrogen-bond acceptors (Lipinski definition) is 4. The molecule has 1 heterocycles. The fourth-order valence-electron chi connectivity index (χ4n) is 3.70. The van der Waals surface area contributed by atoms with Crippen molar-refractivity contribution >= 4 is 34.8 Å². The van der Waals surface area contributed by atoms with Crippen LogP contribution in [0.1, 0.15) is 12.5 Å². The number of carbonyl (C=O) groups is 1. The van der Waals surface area contributed by atoms with E-state index >= 15 is 0 Å². The molecule has 1 amide bonds. The predicted octanol–water partition coefficient (Wildman–Crippen LogP) is 8.69. The van der Waals surface area contributed by atoms with E-state index in [1.807, 2.05) is 0 Å². The third-order valence-electron chi connectivity index (χ3n) is 5.91. The maximum absolute atomic E-state index is 14.9. The number of aromatic nitrogens is 3. The van der Waals surface area contributed by atoms with Crippen LogP contribution in [0, 0.1) is 11.3 Å². The summed E-state index contributed by atoms with van der Waals surface area (Å²) in [5.74, 6) is -7.46. The molecule has 44 heavy (non-hydrogen) atoms. The average molecular weight is 668 g/mol. The normalized spacial score (nSPS) is 14.3. The highest BCUT2D eigenvalue weighted by Gasteiger charge is 2.81. The number of benzene rings is 2. The van der Waals surface area contributed by atoms with Gasteiger partial charge in [0, 0.05) is 28.0 Å². The number of rotatable bonds is 8. The van der Waals surface area contributed by atoms with Crippen molar-refractivity contribution in [3.05, 3.63) is 94.2 Å². The molecule has 1 atom stereocenters. The number of nitrogens with zero attached hydrogens (tertiary/aromatic N) is 4. The third kappa shape index (κ3) is 6.46.